The molecule has 2 aromatic carbocycles. The highest BCUT2D eigenvalue weighted by atomic mass is 19.1. The molecule has 0 amide bonds. The van der Waals surface area contributed by atoms with E-state index in [-0.39, 0.29) is 17.7 Å². The summed E-state index contributed by atoms with van der Waals surface area (Å²) in [6.45, 7) is 0. The van der Waals surface area contributed by atoms with Crippen molar-refractivity contribution < 1.29 is 8.78 Å². The number of rotatable bonds is 2. The molecule has 0 saturated carbocycles. The van der Waals surface area contributed by atoms with Crippen LogP contribution in [0.25, 0.3) is 0 Å². The average Bonchev–Trinajstić information content (AvgIpc) is 2.74. The van der Waals surface area contributed by atoms with Gasteiger partial charge in [-0.15, -0.1) is 0 Å². The fourth-order valence-corrected chi connectivity index (χ4v) is 2.50. The molecule has 0 saturated heterocycles. The Bertz CT molecular complexity index is 580. The lowest BCUT2D eigenvalue weighted by atomic mass is 10.1. The molecule has 0 aliphatic heterocycles. The summed E-state index contributed by atoms with van der Waals surface area (Å²) in [5.74, 6) is -0.464. The maximum atomic E-state index is 13.6. The van der Waals surface area contributed by atoms with Crippen LogP contribution in [0, 0.1) is 11.6 Å². The van der Waals surface area contributed by atoms with Crippen LogP contribution in [0.1, 0.15) is 23.6 Å². The maximum Gasteiger partial charge on any atom is 0.146 e. The Labute approximate surface area is 104 Å². The first kappa shape index (κ1) is 11.2. The van der Waals surface area contributed by atoms with Crippen LogP contribution in [0.3, 0.4) is 0 Å². The van der Waals surface area contributed by atoms with Gasteiger partial charge in [-0.05, 0) is 48.2 Å². The van der Waals surface area contributed by atoms with Gasteiger partial charge in [0.2, 0.25) is 0 Å². The van der Waals surface area contributed by atoms with Crippen LogP contribution >= 0.6 is 0 Å². The number of anilines is 1. The zero-order valence-corrected chi connectivity index (χ0v) is 9.79. The van der Waals surface area contributed by atoms with Crippen LogP contribution in [0.4, 0.5) is 14.5 Å². The summed E-state index contributed by atoms with van der Waals surface area (Å²) in [6, 6.07) is 11.5. The third-order valence-electron chi connectivity index (χ3n) is 3.39. The van der Waals surface area contributed by atoms with Gasteiger partial charge in [-0.1, -0.05) is 18.2 Å². The van der Waals surface area contributed by atoms with Crippen LogP contribution in [0.2, 0.25) is 0 Å². The average molecular weight is 245 g/mol. The topological polar surface area (TPSA) is 12.0 Å². The smallest absolute Gasteiger partial charge is 0.146 e. The van der Waals surface area contributed by atoms with E-state index in [1.54, 1.807) is 30.3 Å². The quantitative estimate of drug-likeness (QED) is 0.841. The van der Waals surface area contributed by atoms with E-state index in [2.05, 4.69) is 5.32 Å². The first-order valence-corrected chi connectivity index (χ1v) is 6.03. The molecule has 92 valence electrons. The number of nitrogens with one attached hydrogen (secondary N) is 1. The van der Waals surface area contributed by atoms with E-state index in [0.29, 0.717) is 5.69 Å². The summed E-state index contributed by atoms with van der Waals surface area (Å²) in [7, 11) is 0. The minimum absolute atomic E-state index is 0.0671. The van der Waals surface area contributed by atoms with Gasteiger partial charge in [0.25, 0.3) is 0 Å². The van der Waals surface area contributed by atoms with Gasteiger partial charge in [-0.2, -0.15) is 0 Å². The molecule has 0 heterocycles. The Morgan fingerprint density at radius 1 is 1.06 bits per heavy atom. The zero-order chi connectivity index (χ0) is 12.5. The molecule has 0 fully saturated rings. The van der Waals surface area contributed by atoms with Crippen molar-refractivity contribution in [3.63, 3.8) is 0 Å². The van der Waals surface area contributed by atoms with Gasteiger partial charge in [0.1, 0.15) is 11.6 Å². The van der Waals surface area contributed by atoms with E-state index in [9.17, 15) is 8.78 Å². The molecule has 18 heavy (non-hydrogen) atoms. The van der Waals surface area contributed by atoms with Gasteiger partial charge in [-0.3, -0.25) is 0 Å². The molecular formula is C15H13F2N. The van der Waals surface area contributed by atoms with E-state index >= 15 is 0 Å². The zero-order valence-electron chi connectivity index (χ0n) is 9.79. The highest BCUT2D eigenvalue weighted by Crippen LogP contribution is 2.34. The molecule has 0 radical (unpaired) electrons. The van der Waals surface area contributed by atoms with Crippen molar-refractivity contribution in [2.45, 2.75) is 18.9 Å². The van der Waals surface area contributed by atoms with Crippen molar-refractivity contribution in [2.24, 2.45) is 0 Å². The molecule has 1 unspecified atom stereocenters. The predicted octanol–water partition coefficient (Wildman–Crippen LogP) is 4.06. The summed E-state index contributed by atoms with van der Waals surface area (Å²) < 4.78 is 26.7. The number of para-hydroxylation sites is 1. The van der Waals surface area contributed by atoms with Gasteiger partial charge >= 0.3 is 0 Å². The second kappa shape index (κ2) is 4.41. The summed E-state index contributed by atoms with van der Waals surface area (Å²) in [4.78, 5) is 0. The largest absolute Gasteiger partial charge is 0.376 e. The Balaban J connectivity index is 1.87. The molecule has 1 aliphatic carbocycles. The summed E-state index contributed by atoms with van der Waals surface area (Å²) >= 11 is 0. The molecule has 0 spiro atoms. The van der Waals surface area contributed by atoms with Crippen LogP contribution in [-0.2, 0) is 6.42 Å². The first-order valence-electron chi connectivity index (χ1n) is 6.03. The molecule has 0 aromatic heterocycles. The summed E-state index contributed by atoms with van der Waals surface area (Å²) in [5.41, 5.74) is 2.59. The molecule has 1 aliphatic rings. The van der Waals surface area contributed by atoms with E-state index in [4.69, 9.17) is 0 Å². The number of hydrogen-bond donors (Lipinski definition) is 1. The SMILES string of the molecule is Fc1ccc2c(c1)CCC2Nc1ccccc1F. The third kappa shape index (κ3) is 1.96. The lowest BCUT2D eigenvalue weighted by Crippen LogP contribution is -2.08. The Morgan fingerprint density at radius 3 is 2.72 bits per heavy atom. The van der Waals surface area contributed by atoms with Crippen LogP contribution in [0.5, 0.6) is 0 Å². The molecule has 1 nitrogen and oxygen atoms in total. The first-order chi connectivity index (χ1) is 8.74. The number of halogens is 2. The van der Waals surface area contributed by atoms with E-state index < -0.39 is 0 Å². The van der Waals surface area contributed by atoms with Gasteiger partial charge in [0, 0.05) is 0 Å². The van der Waals surface area contributed by atoms with E-state index in [1.165, 1.54) is 12.1 Å². The number of aryl methyl sites for hydroxylation is 1. The highest BCUT2D eigenvalue weighted by Gasteiger charge is 2.23. The lowest BCUT2D eigenvalue weighted by Gasteiger charge is -2.16. The fourth-order valence-electron chi connectivity index (χ4n) is 2.50. The van der Waals surface area contributed by atoms with Crippen LogP contribution < -0.4 is 5.32 Å². The normalized spacial score (nSPS) is 17.6. The molecule has 1 atom stereocenters. The monoisotopic (exact) mass is 245 g/mol. The van der Waals surface area contributed by atoms with E-state index in [1.807, 2.05) is 0 Å². The number of fused-ring (bicyclic) bond motifs is 1. The molecule has 2 aromatic rings. The lowest BCUT2D eigenvalue weighted by molar-refractivity contribution is 0.624. The van der Waals surface area contributed by atoms with Gasteiger partial charge < -0.3 is 5.32 Å². The van der Waals surface area contributed by atoms with Crippen molar-refractivity contribution in [3.05, 3.63) is 65.2 Å². The highest BCUT2D eigenvalue weighted by molar-refractivity contribution is 5.49. The number of hydrogen-bond acceptors (Lipinski definition) is 1. The fraction of sp³-hybridized carbons (Fsp3) is 0.200. The molecule has 1 N–H and O–H groups in total. The van der Waals surface area contributed by atoms with Crippen LogP contribution in [-0.4, -0.2) is 0 Å². The molecule has 0 bridgehead atoms. The maximum absolute atomic E-state index is 13.6. The Hall–Kier alpha value is -1.90. The van der Waals surface area contributed by atoms with Crippen molar-refractivity contribution in [2.75, 3.05) is 5.32 Å². The minimum atomic E-state index is -0.256. The second-order valence-electron chi connectivity index (χ2n) is 4.56. The van der Waals surface area contributed by atoms with Gasteiger partial charge in [0.05, 0.1) is 11.7 Å². The van der Waals surface area contributed by atoms with Crippen molar-refractivity contribution >= 4 is 5.69 Å². The van der Waals surface area contributed by atoms with Crippen molar-refractivity contribution in [1.29, 1.82) is 0 Å². The van der Waals surface area contributed by atoms with E-state index in [0.717, 1.165) is 24.0 Å². The van der Waals surface area contributed by atoms with Crippen molar-refractivity contribution in [3.8, 4) is 0 Å². The summed E-state index contributed by atoms with van der Waals surface area (Å²) in [6.07, 6.45) is 1.70. The second-order valence-corrected chi connectivity index (χ2v) is 4.56. The van der Waals surface area contributed by atoms with Gasteiger partial charge in [0.15, 0.2) is 0 Å². The number of benzene rings is 2. The van der Waals surface area contributed by atoms with Gasteiger partial charge in [-0.25, -0.2) is 8.78 Å². The Morgan fingerprint density at radius 2 is 1.89 bits per heavy atom. The summed E-state index contributed by atoms with van der Waals surface area (Å²) in [5, 5.41) is 3.19. The minimum Gasteiger partial charge on any atom is -0.376 e. The Kier molecular flexibility index (Phi) is 2.74. The standard InChI is InChI=1S/C15H13F2N/c16-11-6-7-12-10(9-11)5-8-14(12)18-15-4-2-1-3-13(15)17/h1-4,6-7,9,14,18H,5,8H2. The van der Waals surface area contributed by atoms with Crippen LogP contribution in [0.15, 0.2) is 42.5 Å². The third-order valence-corrected chi connectivity index (χ3v) is 3.39. The predicted molar refractivity (Wildman–Crippen MR) is 67.5 cm³/mol. The molecular weight excluding hydrogens is 232 g/mol. The molecule has 3 heteroatoms. The molecule has 3 rings (SSSR count). The van der Waals surface area contributed by atoms with Crippen molar-refractivity contribution in [1.82, 2.24) is 0 Å².